The molecule has 0 spiro atoms. The predicted molar refractivity (Wildman–Crippen MR) is 35.2 cm³/mol. The van der Waals surface area contributed by atoms with Crippen LogP contribution in [0.25, 0.3) is 0 Å². The van der Waals surface area contributed by atoms with Crippen molar-refractivity contribution in [2.24, 2.45) is 5.10 Å². The normalized spacial score (nSPS) is 16.8. The molecule has 1 aliphatic heterocycles. The maximum atomic E-state index is 10.6. The molecule has 1 aliphatic rings. The van der Waals surface area contributed by atoms with E-state index in [-0.39, 0.29) is 11.3 Å². The third-order valence-electron chi connectivity index (χ3n) is 0.989. The summed E-state index contributed by atoms with van der Waals surface area (Å²) in [5.41, 5.74) is 2.01. The average molecular weight is 160 g/mol. The SMILES string of the molecule is O=C1NN=CCC1=S(=O)=O. The van der Waals surface area contributed by atoms with Crippen LogP contribution in [0.1, 0.15) is 6.42 Å². The summed E-state index contributed by atoms with van der Waals surface area (Å²) in [6, 6.07) is 0. The minimum Gasteiger partial charge on any atom is -0.267 e. The standard InChI is InChI=1S/C4H4N2O3S/c7-4-3(10(8)9)1-2-5-6-4/h2H,1H2,(H,6,7). The number of carbonyl (C=O) groups is 1. The van der Waals surface area contributed by atoms with Crippen LogP contribution in [0, 0.1) is 0 Å². The van der Waals surface area contributed by atoms with Crippen LogP contribution in [0.4, 0.5) is 0 Å². The molecule has 0 saturated carbocycles. The smallest absolute Gasteiger partial charge is 0.267 e. The van der Waals surface area contributed by atoms with Gasteiger partial charge < -0.3 is 0 Å². The van der Waals surface area contributed by atoms with E-state index in [0.29, 0.717) is 0 Å². The van der Waals surface area contributed by atoms with Gasteiger partial charge in [-0.25, -0.2) is 5.43 Å². The Bertz CT molecular complexity index is 305. The van der Waals surface area contributed by atoms with Gasteiger partial charge in [-0.1, -0.05) is 0 Å². The lowest BCUT2D eigenvalue weighted by Crippen LogP contribution is -2.31. The first-order chi connectivity index (χ1) is 4.72. The molecular weight excluding hydrogens is 156 g/mol. The first kappa shape index (κ1) is 6.94. The molecule has 1 amide bonds. The molecule has 0 aromatic rings. The molecule has 0 atom stereocenters. The summed E-state index contributed by atoms with van der Waals surface area (Å²) in [5.74, 6) is -0.643. The zero-order chi connectivity index (χ0) is 7.56. The van der Waals surface area contributed by atoms with Crippen molar-refractivity contribution in [2.75, 3.05) is 0 Å². The zero-order valence-electron chi connectivity index (χ0n) is 4.86. The van der Waals surface area contributed by atoms with Crippen molar-refractivity contribution in [3.05, 3.63) is 0 Å². The fourth-order valence-electron chi connectivity index (χ4n) is 0.532. The number of hydrogen-bond acceptors (Lipinski definition) is 4. The number of hydrazone groups is 1. The van der Waals surface area contributed by atoms with Gasteiger partial charge in [-0.15, -0.1) is 0 Å². The maximum Gasteiger partial charge on any atom is 0.283 e. The van der Waals surface area contributed by atoms with Crippen molar-refractivity contribution in [3.63, 3.8) is 0 Å². The van der Waals surface area contributed by atoms with Crippen molar-refractivity contribution in [3.8, 4) is 0 Å². The Morgan fingerprint density at radius 2 is 2.30 bits per heavy atom. The largest absolute Gasteiger partial charge is 0.283 e. The fourth-order valence-corrected chi connectivity index (χ4v) is 0.939. The minimum absolute atomic E-state index is 0.0853. The molecule has 1 heterocycles. The van der Waals surface area contributed by atoms with Gasteiger partial charge in [-0.3, -0.25) is 4.79 Å². The number of nitrogens with zero attached hydrogens (tertiary/aromatic N) is 1. The van der Waals surface area contributed by atoms with Gasteiger partial charge >= 0.3 is 0 Å². The number of hydrogen-bond donors (Lipinski definition) is 1. The molecule has 0 aliphatic carbocycles. The van der Waals surface area contributed by atoms with Crippen molar-refractivity contribution >= 4 is 27.3 Å². The molecule has 0 fully saturated rings. The van der Waals surface area contributed by atoms with Crippen LogP contribution < -0.4 is 5.43 Å². The van der Waals surface area contributed by atoms with E-state index in [9.17, 15) is 13.2 Å². The van der Waals surface area contributed by atoms with E-state index < -0.39 is 16.2 Å². The van der Waals surface area contributed by atoms with Gasteiger partial charge in [0.1, 0.15) is 4.86 Å². The molecular formula is C4H4N2O3S. The van der Waals surface area contributed by atoms with Crippen molar-refractivity contribution < 1.29 is 13.2 Å². The van der Waals surface area contributed by atoms with E-state index in [1.165, 1.54) is 6.21 Å². The third-order valence-corrected chi connectivity index (χ3v) is 1.74. The lowest BCUT2D eigenvalue weighted by atomic mass is 10.3. The Morgan fingerprint density at radius 3 is 2.70 bits per heavy atom. The predicted octanol–water partition coefficient (Wildman–Crippen LogP) is -1.46. The summed E-state index contributed by atoms with van der Waals surface area (Å²) in [7, 11) is -2.42. The van der Waals surface area contributed by atoms with E-state index in [0.717, 1.165) is 0 Å². The van der Waals surface area contributed by atoms with Crippen LogP contribution in [-0.4, -0.2) is 25.4 Å². The van der Waals surface area contributed by atoms with E-state index in [4.69, 9.17) is 0 Å². The summed E-state index contributed by atoms with van der Waals surface area (Å²) in [4.78, 5) is 10.4. The van der Waals surface area contributed by atoms with Gasteiger partial charge in [0, 0.05) is 12.6 Å². The van der Waals surface area contributed by atoms with Crippen LogP contribution >= 0.6 is 0 Å². The Hall–Kier alpha value is -1.17. The van der Waals surface area contributed by atoms with Crippen molar-refractivity contribution in [1.29, 1.82) is 0 Å². The number of rotatable bonds is 0. The second kappa shape index (κ2) is 2.61. The molecule has 0 unspecified atom stereocenters. The molecule has 0 radical (unpaired) electrons. The van der Waals surface area contributed by atoms with Gasteiger partial charge in [0.2, 0.25) is 10.3 Å². The highest BCUT2D eigenvalue weighted by molar-refractivity contribution is 7.74. The van der Waals surface area contributed by atoms with Gasteiger partial charge in [-0.05, 0) is 0 Å². The molecule has 6 heteroatoms. The Morgan fingerprint density at radius 1 is 1.60 bits per heavy atom. The van der Waals surface area contributed by atoms with Crippen molar-refractivity contribution in [2.45, 2.75) is 6.42 Å². The average Bonchev–Trinajstić information content (AvgIpc) is 1.88. The summed E-state index contributed by atoms with van der Waals surface area (Å²) < 4.78 is 20.4. The number of nitrogens with one attached hydrogen (secondary N) is 1. The van der Waals surface area contributed by atoms with Gasteiger partial charge in [0.25, 0.3) is 5.91 Å². The molecule has 0 aromatic carbocycles. The van der Waals surface area contributed by atoms with E-state index >= 15 is 0 Å². The zero-order valence-corrected chi connectivity index (χ0v) is 5.68. The number of carbonyl (C=O) groups excluding carboxylic acids is 1. The highest BCUT2D eigenvalue weighted by Crippen LogP contribution is 1.87. The first-order valence-electron chi connectivity index (χ1n) is 2.49. The van der Waals surface area contributed by atoms with Crippen molar-refractivity contribution in [1.82, 2.24) is 5.43 Å². The maximum absolute atomic E-state index is 10.6. The van der Waals surface area contributed by atoms with Gasteiger partial charge in [0.15, 0.2) is 0 Å². The molecule has 0 bridgehead atoms. The second-order valence-electron chi connectivity index (χ2n) is 1.61. The topological polar surface area (TPSA) is 75.6 Å². The summed E-state index contributed by atoms with van der Waals surface area (Å²) >= 11 is 0. The first-order valence-corrected chi connectivity index (χ1v) is 3.56. The lowest BCUT2D eigenvalue weighted by molar-refractivity contribution is -0.114. The molecule has 5 nitrogen and oxygen atoms in total. The molecule has 0 aromatic heterocycles. The molecule has 1 N–H and O–H groups in total. The fraction of sp³-hybridized carbons (Fsp3) is 0.250. The van der Waals surface area contributed by atoms with Crippen LogP contribution in [0.2, 0.25) is 0 Å². The second-order valence-corrected chi connectivity index (χ2v) is 2.58. The molecule has 1 rings (SSSR count). The summed E-state index contributed by atoms with van der Waals surface area (Å²) in [5, 5.41) is 3.37. The number of amides is 1. The molecule has 54 valence electrons. The van der Waals surface area contributed by atoms with Crippen LogP contribution in [0.3, 0.4) is 0 Å². The third kappa shape index (κ3) is 1.21. The monoisotopic (exact) mass is 160 g/mol. The summed E-state index contributed by atoms with van der Waals surface area (Å²) in [6.07, 6.45) is 1.41. The Kier molecular flexibility index (Phi) is 1.81. The molecule has 0 saturated heterocycles. The lowest BCUT2D eigenvalue weighted by Gasteiger charge is -2.01. The van der Waals surface area contributed by atoms with E-state index in [1.54, 1.807) is 0 Å². The molecule has 10 heavy (non-hydrogen) atoms. The highest BCUT2D eigenvalue weighted by Gasteiger charge is 2.14. The van der Waals surface area contributed by atoms with E-state index in [1.807, 2.05) is 5.43 Å². The van der Waals surface area contributed by atoms with Gasteiger partial charge in [-0.2, -0.15) is 13.5 Å². The van der Waals surface area contributed by atoms with Crippen LogP contribution in [0.15, 0.2) is 5.10 Å². The van der Waals surface area contributed by atoms with Crippen LogP contribution in [-0.2, 0) is 15.1 Å². The van der Waals surface area contributed by atoms with E-state index in [2.05, 4.69) is 5.10 Å². The minimum atomic E-state index is -2.42. The van der Waals surface area contributed by atoms with Crippen LogP contribution in [0.5, 0.6) is 0 Å². The Balaban J connectivity index is 3.13. The Labute approximate surface area is 58.3 Å². The highest BCUT2D eigenvalue weighted by atomic mass is 32.2. The quantitative estimate of drug-likeness (QED) is 0.440. The summed E-state index contributed by atoms with van der Waals surface area (Å²) in [6.45, 7) is 0. The van der Waals surface area contributed by atoms with Gasteiger partial charge in [0.05, 0.1) is 0 Å².